The monoisotopic (exact) mass is 582 g/mol. The van der Waals surface area contributed by atoms with Gasteiger partial charge in [0.05, 0.1) is 12.1 Å². The number of ether oxygens (including phenoxy) is 1. The first-order chi connectivity index (χ1) is 20.3. The van der Waals surface area contributed by atoms with E-state index in [0.29, 0.717) is 17.8 Å². The summed E-state index contributed by atoms with van der Waals surface area (Å²) in [4.78, 5) is 17.8. The lowest BCUT2D eigenvalue weighted by Gasteiger charge is -2.28. The van der Waals surface area contributed by atoms with Crippen molar-refractivity contribution in [3.05, 3.63) is 77.7 Å². The number of aromatic nitrogens is 2. The number of hydrogen-bond acceptors (Lipinski definition) is 4. The highest BCUT2D eigenvalue weighted by atomic mass is 32.2. The second-order valence-electron chi connectivity index (χ2n) is 13.1. The zero-order valence-corrected chi connectivity index (χ0v) is 25.9. The van der Waals surface area contributed by atoms with E-state index < -0.39 is 5.97 Å². The molecule has 0 radical (unpaired) electrons. The number of rotatable bonds is 10. The lowest BCUT2D eigenvalue weighted by atomic mass is 9.84. The quantitative estimate of drug-likeness (QED) is 0.202. The molecule has 0 saturated heterocycles. The highest BCUT2D eigenvalue weighted by Crippen LogP contribution is 2.48. The summed E-state index contributed by atoms with van der Waals surface area (Å²) in [6.45, 7) is 7.93. The van der Waals surface area contributed by atoms with Crippen molar-refractivity contribution in [1.29, 1.82) is 0 Å². The van der Waals surface area contributed by atoms with Crippen LogP contribution in [-0.4, -0.2) is 25.9 Å². The van der Waals surface area contributed by atoms with Crippen molar-refractivity contribution in [2.45, 2.75) is 95.4 Å². The minimum atomic E-state index is -0.730. The molecule has 1 unspecified atom stereocenters. The predicted molar refractivity (Wildman–Crippen MR) is 171 cm³/mol. The number of nitrogens with zero attached hydrogens (tertiary/aromatic N) is 2. The zero-order chi connectivity index (χ0) is 29.3. The Balaban J connectivity index is 1.34. The fraction of sp³-hybridized carbons (Fsp3) is 0.444. The molecule has 6 rings (SSSR count). The summed E-state index contributed by atoms with van der Waals surface area (Å²) in [6, 6.07) is 18.9. The number of carbonyl (C=O) groups is 1. The fourth-order valence-electron chi connectivity index (χ4n) is 6.90. The van der Waals surface area contributed by atoms with E-state index in [9.17, 15) is 9.90 Å². The summed E-state index contributed by atoms with van der Waals surface area (Å²) in [5.74, 6) is 0.887. The molecule has 5 nitrogen and oxygen atoms in total. The number of hydrogen-bond donors (Lipinski definition) is 1. The highest BCUT2D eigenvalue weighted by molar-refractivity contribution is 8.00. The third-order valence-electron chi connectivity index (χ3n) is 8.91. The number of carboxylic acid groups (broad SMARTS) is 1. The van der Waals surface area contributed by atoms with Crippen LogP contribution < -0.4 is 4.74 Å². The van der Waals surface area contributed by atoms with Gasteiger partial charge in [-0.2, -0.15) is 0 Å². The molecule has 4 aromatic rings. The Bertz CT molecular complexity index is 1550. The van der Waals surface area contributed by atoms with Crippen LogP contribution in [0.2, 0.25) is 0 Å². The van der Waals surface area contributed by atoms with Gasteiger partial charge in [0.2, 0.25) is 0 Å². The van der Waals surface area contributed by atoms with Crippen molar-refractivity contribution in [2.75, 3.05) is 0 Å². The minimum Gasteiger partial charge on any atom is -0.487 e. The molecule has 1 atom stereocenters. The summed E-state index contributed by atoms with van der Waals surface area (Å²) >= 11 is 1.96. The summed E-state index contributed by atoms with van der Waals surface area (Å²) in [7, 11) is 0. The molecule has 1 aliphatic carbocycles. The van der Waals surface area contributed by atoms with Crippen LogP contribution in [0.1, 0.15) is 76.2 Å². The second-order valence-corrected chi connectivity index (χ2v) is 14.5. The maximum atomic E-state index is 11.7. The molecule has 0 bridgehead atoms. The molecule has 0 spiro atoms. The molecule has 1 saturated carbocycles. The first-order valence-electron chi connectivity index (χ1n) is 15.5. The van der Waals surface area contributed by atoms with Crippen molar-refractivity contribution >= 4 is 28.6 Å². The van der Waals surface area contributed by atoms with Gasteiger partial charge in [0.1, 0.15) is 12.4 Å². The van der Waals surface area contributed by atoms with Gasteiger partial charge in [0.15, 0.2) is 0 Å². The van der Waals surface area contributed by atoms with Crippen LogP contribution in [0.3, 0.4) is 0 Å². The molecule has 2 aliphatic rings. The predicted octanol–water partition coefficient (Wildman–Crippen LogP) is 8.94. The smallest absolute Gasteiger partial charge is 0.303 e. The van der Waals surface area contributed by atoms with Crippen molar-refractivity contribution in [3.8, 4) is 16.9 Å². The standard InChI is InChI=1S/C36H42N2O3S/c1-24-18-29-32(41-23-28-15-14-27(21-37-28)26-12-8-5-9-13-26)17-16-30-34(29)35(42-24)31(19-36(2,3)20-33(39)40)38(30)22-25-10-6-4-7-11-25/h5,8-9,12-17,21,24-25H,4,6-7,10-11,18-20,22-23H2,1-3H3,(H,39,40). The van der Waals surface area contributed by atoms with Crippen LogP contribution in [0.4, 0.5) is 0 Å². The van der Waals surface area contributed by atoms with Gasteiger partial charge >= 0.3 is 5.97 Å². The van der Waals surface area contributed by atoms with Crippen LogP contribution in [0.5, 0.6) is 5.75 Å². The Morgan fingerprint density at radius 2 is 1.83 bits per heavy atom. The second kappa shape index (κ2) is 12.2. The van der Waals surface area contributed by atoms with Gasteiger partial charge in [0, 0.05) is 50.6 Å². The Hall–Kier alpha value is -3.25. The average Bonchev–Trinajstić information content (AvgIpc) is 3.25. The van der Waals surface area contributed by atoms with Gasteiger partial charge in [-0.15, -0.1) is 11.8 Å². The zero-order valence-electron chi connectivity index (χ0n) is 25.1. The molecular formula is C36H42N2O3S. The Morgan fingerprint density at radius 1 is 1.05 bits per heavy atom. The third-order valence-corrected chi connectivity index (χ3v) is 10.2. The van der Waals surface area contributed by atoms with Crippen LogP contribution in [-0.2, 0) is 30.8 Å². The van der Waals surface area contributed by atoms with Gasteiger partial charge in [-0.05, 0) is 60.8 Å². The van der Waals surface area contributed by atoms with Crippen molar-refractivity contribution in [2.24, 2.45) is 11.3 Å². The lowest BCUT2D eigenvalue weighted by molar-refractivity contribution is -0.139. The van der Waals surface area contributed by atoms with Crippen molar-refractivity contribution in [3.63, 3.8) is 0 Å². The summed E-state index contributed by atoms with van der Waals surface area (Å²) in [6.07, 6.45) is 10.3. The van der Waals surface area contributed by atoms with Crippen molar-refractivity contribution in [1.82, 2.24) is 9.55 Å². The van der Waals surface area contributed by atoms with Gasteiger partial charge in [-0.3, -0.25) is 9.78 Å². The number of aliphatic carboxylic acids is 1. The molecule has 1 aliphatic heterocycles. The Morgan fingerprint density at radius 3 is 2.55 bits per heavy atom. The molecule has 2 aromatic carbocycles. The van der Waals surface area contributed by atoms with E-state index in [1.54, 1.807) is 0 Å². The highest BCUT2D eigenvalue weighted by Gasteiger charge is 2.33. The van der Waals surface area contributed by atoms with Crippen LogP contribution in [0, 0.1) is 11.3 Å². The number of carboxylic acids is 1. The van der Waals surface area contributed by atoms with E-state index in [1.807, 2.05) is 36.2 Å². The Labute approximate surface area is 253 Å². The first kappa shape index (κ1) is 28.9. The van der Waals surface area contributed by atoms with E-state index in [-0.39, 0.29) is 11.8 Å². The SMILES string of the molecule is CC1Cc2c(OCc3ccc(-c4ccccc4)cn3)ccc3c2c(c(CC(C)(C)CC(=O)O)n3CC2CCCCC2)S1. The van der Waals surface area contributed by atoms with Gasteiger partial charge in [0.25, 0.3) is 0 Å². The summed E-state index contributed by atoms with van der Waals surface area (Å²) in [5, 5.41) is 11.4. The van der Waals surface area contributed by atoms with E-state index in [4.69, 9.17) is 9.72 Å². The van der Waals surface area contributed by atoms with Gasteiger partial charge in [-0.1, -0.05) is 76.4 Å². The normalized spacial score (nSPS) is 17.5. The van der Waals surface area contributed by atoms with E-state index in [1.165, 1.54) is 59.2 Å². The molecule has 42 heavy (non-hydrogen) atoms. The molecule has 1 N–H and O–H groups in total. The van der Waals surface area contributed by atoms with Crippen LogP contribution in [0.25, 0.3) is 22.0 Å². The maximum Gasteiger partial charge on any atom is 0.303 e. The molecule has 6 heteroatoms. The van der Waals surface area contributed by atoms with E-state index in [0.717, 1.165) is 42.0 Å². The Kier molecular flexibility index (Phi) is 8.35. The number of pyridine rings is 1. The molecule has 3 heterocycles. The largest absolute Gasteiger partial charge is 0.487 e. The maximum absolute atomic E-state index is 11.7. The summed E-state index contributed by atoms with van der Waals surface area (Å²) in [5.41, 5.74) is 6.72. The summed E-state index contributed by atoms with van der Waals surface area (Å²) < 4.78 is 9.06. The number of benzene rings is 2. The van der Waals surface area contributed by atoms with E-state index >= 15 is 0 Å². The first-order valence-corrected chi connectivity index (χ1v) is 16.3. The van der Waals surface area contributed by atoms with Gasteiger partial charge in [-0.25, -0.2) is 0 Å². The average molecular weight is 583 g/mol. The lowest BCUT2D eigenvalue weighted by Crippen LogP contribution is -2.23. The fourth-order valence-corrected chi connectivity index (χ4v) is 8.22. The topological polar surface area (TPSA) is 64.3 Å². The van der Waals surface area contributed by atoms with E-state index in [2.05, 4.69) is 61.7 Å². The minimum absolute atomic E-state index is 0.162. The molecule has 220 valence electrons. The van der Waals surface area contributed by atoms with Gasteiger partial charge < -0.3 is 14.4 Å². The molecule has 2 aromatic heterocycles. The molecule has 0 amide bonds. The van der Waals surface area contributed by atoms with Crippen LogP contribution >= 0.6 is 11.8 Å². The van der Waals surface area contributed by atoms with Crippen LogP contribution in [0.15, 0.2) is 65.7 Å². The number of thioether (sulfide) groups is 1. The third kappa shape index (κ3) is 6.24. The van der Waals surface area contributed by atoms with Crippen molar-refractivity contribution < 1.29 is 14.6 Å². The molecule has 1 fully saturated rings. The molecular weight excluding hydrogens is 540 g/mol.